The smallest absolute Gasteiger partial charge is 0.256 e. The lowest BCUT2D eigenvalue weighted by Gasteiger charge is -2.32. The average Bonchev–Trinajstić information content (AvgIpc) is 3.14. The Morgan fingerprint density at radius 1 is 1.38 bits per heavy atom. The van der Waals surface area contributed by atoms with Crippen molar-refractivity contribution in [1.82, 2.24) is 30.4 Å². The maximum atomic E-state index is 13.0. The van der Waals surface area contributed by atoms with Gasteiger partial charge in [0.05, 0.1) is 11.3 Å². The van der Waals surface area contributed by atoms with Crippen molar-refractivity contribution in [2.75, 3.05) is 26.7 Å². The van der Waals surface area contributed by atoms with E-state index < -0.39 is 0 Å². The predicted octanol–water partition coefficient (Wildman–Crippen LogP) is 1.78. The highest BCUT2D eigenvalue weighted by molar-refractivity contribution is 6.31. The van der Waals surface area contributed by atoms with Crippen LogP contribution in [0.3, 0.4) is 0 Å². The van der Waals surface area contributed by atoms with Gasteiger partial charge in [-0.15, -0.1) is 5.10 Å². The molecule has 128 valence electrons. The van der Waals surface area contributed by atoms with Crippen LogP contribution in [0.25, 0.3) is 5.69 Å². The highest BCUT2D eigenvalue weighted by Gasteiger charge is 2.25. The first-order chi connectivity index (χ1) is 11.7. The monoisotopic (exact) mass is 348 g/mol. The van der Waals surface area contributed by atoms with Gasteiger partial charge in [0.25, 0.3) is 5.91 Å². The first-order valence-electron chi connectivity index (χ1n) is 8.16. The number of amides is 1. The second-order valence-electron chi connectivity index (χ2n) is 6.04. The summed E-state index contributed by atoms with van der Waals surface area (Å²) in [6.07, 6.45) is 4.71. The Balaban J connectivity index is 1.75. The van der Waals surface area contributed by atoms with Crippen LogP contribution in [0.4, 0.5) is 0 Å². The van der Waals surface area contributed by atoms with Crippen molar-refractivity contribution in [3.63, 3.8) is 0 Å². The third-order valence-electron chi connectivity index (χ3n) is 4.49. The van der Waals surface area contributed by atoms with Crippen LogP contribution in [0.5, 0.6) is 0 Å². The minimum absolute atomic E-state index is 0.0185. The Hall–Kier alpha value is -1.99. The molecule has 0 bridgehead atoms. The quantitative estimate of drug-likeness (QED) is 0.891. The lowest BCUT2D eigenvalue weighted by atomic mass is 9.93. The van der Waals surface area contributed by atoms with E-state index in [0.717, 1.165) is 38.9 Å². The molecular weight excluding hydrogens is 328 g/mol. The molecule has 0 spiro atoms. The van der Waals surface area contributed by atoms with E-state index in [1.807, 2.05) is 11.9 Å². The van der Waals surface area contributed by atoms with Crippen LogP contribution in [0.1, 0.15) is 29.6 Å². The summed E-state index contributed by atoms with van der Waals surface area (Å²) in [4.78, 5) is 14.9. The lowest BCUT2D eigenvalue weighted by molar-refractivity contribution is 0.0687. The zero-order valence-corrected chi connectivity index (χ0v) is 14.4. The first-order valence-corrected chi connectivity index (χ1v) is 8.53. The number of carbonyl (C=O) groups is 1. The zero-order valence-electron chi connectivity index (χ0n) is 13.7. The van der Waals surface area contributed by atoms with Gasteiger partial charge < -0.3 is 10.2 Å². The first kappa shape index (κ1) is 16.9. The number of piperidine rings is 1. The van der Waals surface area contributed by atoms with E-state index in [4.69, 9.17) is 11.6 Å². The van der Waals surface area contributed by atoms with Crippen LogP contribution in [0.15, 0.2) is 24.5 Å². The summed E-state index contributed by atoms with van der Waals surface area (Å²) in [7, 11) is 1.97. The Kier molecular flexibility index (Phi) is 5.42. The van der Waals surface area contributed by atoms with Gasteiger partial charge >= 0.3 is 0 Å². The highest BCUT2D eigenvalue weighted by atomic mass is 35.5. The zero-order chi connectivity index (χ0) is 16.9. The molecular formula is C16H21ClN6O. The molecule has 1 N–H and O–H groups in total. The van der Waals surface area contributed by atoms with Crippen LogP contribution in [-0.4, -0.2) is 57.7 Å². The van der Waals surface area contributed by atoms with Crippen molar-refractivity contribution in [3.05, 3.63) is 35.1 Å². The van der Waals surface area contributed by atoms with Crippen molar-refractivity contribution in [3.8, 4) is 5.69 Å². The molecule has 1 aromatic carbocycles. The van der Waals surface area contributed by atoms with Crippen molar-refractivity contribution < 1.29 is 4.79 Å². The van der Waals surface area contributed by atoms with Crippen molar-refractivity contribution in [2.45, 2.75) is 19.3 Å². The molecule has 0 unspecified atom stereocenters. The van der Waals surface area contributed by atoms with Gasteiger partial charge in [0.2, 0.25) is 0 Å². The highest BCUT2D eigenvalue weighted by Crippen LogP contribution is 2.25. The van der Waals surface area contributed by atoms with E-state index >= 15 is 0 Å². The second kappa shape index (κ2) is 7.72. The third-order valence-corrected chi connectivity index (χ3v) is 4.72. The second-order valence-corrected chi connectivity index (χ2v) is 6.48. The summed E-state index contributed by atoms with van der Waals surface area (Å²) in [6.45, 7) is 2.57. The number of halogens is 1. The Morgan fingerprint density at radius 3 is 2.83 bits per heavy atom. The van der Waals surface area contributed by atoms with Gasteiger partial charge in [-0.05, 0) is 67.4 Å². The minimum Gasteiger partial charge on any atom is -0.339 e. The number of hydrogen-bond acceptors (Lipinski definition) is 5. The maximum absolute atomic E-state index is 13.0. The molecule has 24 heavy (non-hydrogen) atoms. The number of hydrogen-bond donors (Lipinski definition) is 1. The van der Waals surface area contributed by atoms with Gasteiger partial charge in [-0.25, -0.2) is 0 Å². The van der Waals surface area contributed by atoms with Gasteiger partial charge in [0.15, 0.2) is 0 Å². The van der Waals surface area contributed by atoms with Crippen molar-refractivity contribution in [1.29, 1.82) is 0 Å². The fraction of sp³-hybridized carbons (Fsp3) is 0.500. The number of nitrogens with one attached hydrogen (secondary N) is 1. The topological polar surface area (TPSA) is 75.9 Å². The van der Waals surface area contributed by atoms with E-state index in [-0.39, 0.29) is 5.91 Å². The maximum Gasteiger partial charge on any atom is 0.256 e. The number of aromatic nitrogens is 4. The molecule has 1 saturated heterocycles. The summed E-state index contributed by atoms with van der Waals surface area (Å²) in [5, 5.41) is 14.9. The summed E-state index contributed by atoms with van der Waals surface area (Å²) in [6, 6.07) is 5.19. The molecule has 0 aliphatic carbocycles. The van der Waals surface area contributed by atoms with Gasteiger partial charge in [0.1, 0.15) is 6.33 Å². The van der Waals surface area contributed by atoms with E-state index in [1.165, 1.54) is 11.0 Å². The summed E-state index contributed by atoms with van der Waals surface area (Å²) >= 11 is 6.10. The molecule has 1 aliphatic rings. The number of nitrogens with zero attached hydrogens (tertiary/aromatic N) is 5. The summed E-state index contributed by atoms with van der Waals surface area (Å²) < 4.78 is 1.49. The van der Waals surface area contributed by atoms with Crippen molar-refractivity contribution >= 4 is 17.5 Å². The summed E-state index contributed by atoms with van der Waals surface area (Å²) in [5.74, 6) is 0.662. The summed E-state index contributed by atoms with van der Waals surface area (Å²) in [5.41, 5.74) is 1.18. The molecule has 8 heteroatoms. The van der Waals surface area contributed by atoms with Crippen LogP contribution in [0.2, 0.25) is 5.02 Å². The Labute approximate surface area is 146 Å². The molecule has 1 aliphatic heterocycles. The Morgan fingerprint density at radius 2 is 2.17 bits per heavy atom. The van der Waals surface area contributed by atoms with E-state index in [1.54, 1.807) is 18.2 Å². The van der Waals surface area contributed by atoms with E-state index in [9.17, 15) is 4.79 Å². The predicted molar refractivity (Wildman–Crippen MR) is 91.3 cm³/mol. The van der Waals surface area contributed by atoms with Crippen molar-refractivity contribution in [2.24, 2.45) is 5.92 Å². The largest absolute Gasteiger partial charge is 0.339 e. The molecule has 1 fully saturated rings. The van der Waals surface area contributed by atoms with Crippen LogP contribution in [-0.2, 0) is 0 Å². The number of rotatable bonds is 5. The molecule has 0 atom stereocenters. The molecule has 0 radical (unpaired) electrons. The van der Waals surface area contributed by atoms with E-state index in [2.05, 4.69) is 20.8 Å². The van der Waals surface area contributed by atoms with Crippen LogP contribution < -0.4 is 5.32 Å². The number of tetrazole rings is 1. The minimum atomic E-state index is -0.0185. The normalized spacial score (nSPS) is 15.7. The average molecular weight is 349 g/mol. The van der Waals surface area contributed by atoms with Gasteiger partial charge in [-0.2, -0.15) is 4.68 Å². The van der Waals surface area contributed by atoms with Gasteiger partial charge in [0, 0.05) is 18.1 Å². The van der Waals surface area contributed by atoms with Crippen LogP contribution >= 0.6 is 11.6 Å². The lowest BCUT2D eigenvalue weighted by Crippen LogP contribution is -2.39. The molecule has 1 amide bonds. The molecule has 2 aromatic rings. The van der Waals surface area contributed by atoms with Gasteiger partial charge in [-0.3, -0.25) is 4.79 Å². The number of benzene rings is 1. The fourth-order valence-corrected chi connectivity index (χ4v) is 3.27. The standard InChI is InChI=1S/C16H21ClN6O/c1-18-7-4-12-5-8-22(9-6-12)16(24)14-10-13(17)2-3-15(14)23-11-19-20-21-23/h2-3,10-12,18H,4-9H2,1H3. The van der Waals surface area contributed by atoms with Crippen LogP contribution in [0, 0.1) is 5.92 Å². The molecule has 3 rings (SSSR count). The molecule has 7 nitrogen and oxygen atoms in total. The number of carbonyl (C=O) groups excluding carboxylic acids is 1. The molecule has 1 aromatic heterocycles. The van der Waals surface area contributed by atoms with E-state index in [0.29, 0.717) is 22.2 Å². The molecule has 2 heterocycles. The fourth-order valence-electron chi connectivity index (χ4n) is 3.09. The SMILES string of the molecule is CNCCC1CCN(C(=O)c2cc(Cl)ccc2-n2cnnn2)CC1. The number of likely N-dealkylation sites (tertiary alicyclic amines) is 1. The van der Waals surface area contributed by atoms with Gasteiger partial charge in [-0.1, -0.05) is 11.6 Å². The molecule has 0 saturated carbocycles. The Bertz CT molecular complexity index is 682. The third kappa shape index (κ3) is 3.73.